The van der Waals surface area contributed by atoms with E-state index in [4.69, 9.17) is 4.74 Å². The zero-order valence-corrected chi connectivity index (χ0v) is 12.3. The Morgan fingerprint density at radius 2 is 2.14 bits per heavy atom. The molecule has 1 unspecified atom stereocenters. The van der Waals surface area contributed by atoms with Gasteiger partial charge in [0.15, 0.2) is 0 Å². The quantitative estimate of drug-likeness (QED) is 0.926. The van der Waals surface area contributed by atoms with Crippen LogP contribution in [0.25, 0.3) is 0 Å². The molecule has 0 radical (unpaired) electrons. The van der Waals surface area contributed by atoms with Crippen molar-refractivity contribution < 1.29 is 22.7 Å². The van der Waals surface area contributed by atoms with Crippen LogP contribution in [0.15, 0.2) is 24.3 Å². The van der Waals surface area contributed by atoms with Crippen LogP contribution in [0, 0.1) is 5.92 Å². The van der Waals surface area contributed by atoms with E-state index in [2.05, 4.69) is 5.32 Å². The van der Waals surface area contributed by atoms with E-state index in [0.717, 1.165) is 18.9 Å². The van der Waals surface area contributed by atoms with Gasteiger partial charge in [-0.1, -0.05) is 12.1 Å². The van der Waals surface area contributed by atoms with Crippen molar-refractivity contribution in [2.24, 2.45) is 5.92 Å². The minimum Gasteiger partial charge on any atom is -0.384 e. The van der Waals surface area contributed by atoms with Gasteiger partial charge in [-0.25, -0.2) is 4.79 Å². The van der Waals surface area contributed by atoms with Gasteiger partial charge in [0, 0.05) is 26.1 Å². The Kier molecular flexibility index (Phi) is 5.28. The third-order valence-corrected chi connectivity index (χ3v) is 3.68. The number of halogens is 3. The van der Waals surface area contributed by atoms with Gasteiger partial charge < -0.3 is 15.0 Å². The Hall–Kier alpha value is -1.76. The predicted molar refractivity (Wildman–Crippen MR) is 76.6 cm³/mol. The van der Waals surface area contributed by atoms with Gasteiger partial charge in [-0.3, -0.25) is 0 Å². The van der Waals surface area contributed by atoms with Crippen molar-refractivity contribution in [2.45, 2.75) is 19.0 Å². The molecule has 0 aromatic heterocycles. The maximum absolute atomic E-state index is 12.9. The Morgan fingerprint density at radius 3 is 2.82 bits per heavy atom. The fourth-order valence-corrected chi connectivity index (χ4v) is 2.65. The number of anilines is 1. The normalized spacial score (nSPS) is 19.1. The van der Waals surface area contributed by atoms with E-state index in [1.54, 1.807) is 12.0 Å². The van der Waals surface area contributed by atoms with E-state index in [1.807, 2.05) is 0 Å². The summed E-state index contributed by atoms with van der Waals surface area (Å²) in [5.41, 5.74) is -1.05. The van der Waals surface area contributed by atoms with Gasteiger partial charge in [0.25, 0.3) is 0 Å². The second kappa shape index (κ2) is 7.00. The SMILES string of the molecule is COCC1CCCN(C(=O)Nc2ccccc2C(F)(F)F)C1. The van der Waals surface area contributed by atoms with Gasteiger partial charge in [0.1, 0.15) is 0 Å². The number of methoxy groups -OCH3 is 1. The average Bonchev–Trinajstić information content (AvgIpc) is 2.47. The summed E-state index contributed by atoms with van der Waals surface area (Å²) in [5, 5.41) is 2.38. The number of alkyl halides is 3. The van der Waals surface area contributed by atoms with Gasteiger partial charge in [0.2, 0.25) is 0 Å². The topological polar surface area (TPSA) is 41.6 Å². The summed E-state index contributed by atoms with van der Waals surface area (Å²) in [4.78, 5) is 13.7. The van der Waals surface area contributed by atoms with Crippen LogP contribution in [0.5, 0.6) is 0 Å². The molecule has 2 rings (SSSR count). The van der Waals surface area contributed by atoms with Crippen LogP contribution in [0.3, 0.4) is 0 Å². The molecule has 22 heavy (non-hydrogen) atoms. The molecule has 1 fully saturated rings. The van der Waals surface area contributed by atoms with Gasteiger partial charge in [-0.15, -0.1) is 0 Å². The number of hydrogen-bond donors (Lipinski definition) is 1. The molecule has 1 aliphatic rings. The molecule has 0 bridgehead atoms. The van der Waals surface area contributed by atoms with Crippen molar-refractivity contribution >= 4 is 11.7 Å². The van der Waals surface area contributed by atoms with Crippen molar-refractivity contribution in [3.8, 4) is 0 Å². The number of likely N-dealkylation sites (tertiary alicyclic amines) is 1. The van der Waals surface area contributed by atoms with E-state index >= 15 is 0 Å². The van der Waals surface area contributed by atoms with E-state index in [1.165, 1.54) is 18.2 Å². The summed E-state index contributed by atoms with van der Waals surface area (Å²) in [7, 11) is 1.60. The van der Waals surface area contributed by atoms with Crippen LogP contribution in [-0.2, 0) is 10.9 Å². The molecule has 122 valence electrons. The second-order valence-electron chi connectivity index (χ2n) is 5.38. The monoisotopic (exact) mass is 316 g/mol. The zero-order valence-electron chi connectivity index (χ0n) is 12.3. The maximum Gasteiger partial charge on any atom is 0.418 e. The molecule has 0 aliphatic carbocycles. The van der Waals surface area contributed by atoms with Crippen LogP contribution in [0.1, 0.15) is 18.4 Å². The zero-order chi connectivity index (χ0) is 16.2. The molecule has 2 amide bonds. The highest BCUT2D eigenvalue weighted by atomic mass is 19.4. The third-order valence-electron chi connectivity index (χ3n) is 3.68. The lowest BCUT2D eigenvalue weighted by Crippen LogP contribution is -2.43. The largest absolute Gasteiger partial charge is 0.418 e. The first-order valence-electron chi connectivity index (χ1n) is 7.13. The van der Waals surface area contributed by atoms with Crippen molar-refractivity contribution in [3.63, 3.8) is 0 Å². The summed E-state index contributed by atoms with van der Waals surface area (Å²) in [5.74, 6) is 0.224. The molecular formula is C15H19F3N2O2. The molecule has 0 spiro atoms. The molecule has 1 heterocycles. The summed E-state index contributed by atoms with van der Waals surface area (Å²) >= 11 is 0. The van der Waals surface area contributed by atoms with E-state index < -0.39 is 17.8 Å². The maximum atomic E-state index is 12.9. The Bertz CT molecular complexity index is 518. The molecule has 1 aromatic rings. The van der Waals surface area contributed by atoms with Crippen LogP contribution in [0.2, 0.25) is 0 Å². The highest BCUT2D eigenvalue weighted by molar-refractivity contribution is 5.90. The first kappa shape index (κ1) is 16.6. The smallest absolute Gasteiger partial charge is 0.384 e. The minimum absolute atomic E-state index is 0.214. The summed E-state index contributed by atoms with van der Waals surface area (Å²) in [6.07, 6.45) is -2.72. The number of para-hydroxylation sites is 1. The number of carbonyl (C=O) groups is 1. The van der Waals surface area contributed by atoms with Crippen molar-refractivity contribution in [1.29, 1.82) is 0 Å². The summed E-state index contributed by atoms with van der Waals surface area (Å²) < 4.78 is 43.9. The van der Waals surface area contributed by atoms with Crippen LogP contribution in [-0.4, -0.2) is 37.7 Å². The van der Waals surface area contributed by atoms with Gasteiger partial charge in [-0.2, -0.15) is 13.2 Å². The molecule has 1 N–H and O–H groups in total. The van der Waals surface area contributed by atoms with Crippen LogP contribution >= 0.6 is 0 Å². The van der Waals surface area contributed by atoms with Crippen molar-refractivity contribution in [1.82, 2.24) is 4.90 Å². The highest BCUT2D eigenvalue weighted by Crippen LogP contribution is 2.34. The Morgan fingerprint density at radius 1 is 1.41 bits per heavy atom. The molecule has 7 heteroatoms. The number of nitrogens with zero attached hydrogens (tertiary/aromatic N) is 1. The first-order chi connectivity index (χ1) is 10.4. The number of piperidine rings is 1. The molecule has 1 saturated heterocycles. The lowest BCUT2D eigenvalue weighted by atomic mass is 9.99. The van der Waals surface area contributed by atoms with Gasteiger partial charge in [0.05, 0.1) is 17.9 Å². The fourth-order valence-electron chi connectivity index (χ4n) is 2.65. The average molecular weight is 316 g/mol. The highest BCUT2D eigenvalue weighted by Gasteiger charge is 2.34. The van der Waals surface area contributed by atoms with E-state index in [-0.39, 0.29) is 11.6 Å². The number of benzene rings is 1. The number of ether oxygens (including phenoxy) is 1. The fraction of sp³-hybridized carbons (Fsp3) is 0.533. The number of carbonyl (C=O) groups excluding carboxylic acids is 1. The standard InChI is InChI=1S/C15H19F3N2O2/c1-22-10-11-5-4-8-20(9-11)14(21)19-13-7-3-2-6-12(13)15(16,17)18/h2-3,6-7,11H,4-5,8-10H2,1H3,(H,19,21). The van der Waals surface area contributed by atoms with Gasteiger partial charge in [-0.05, 0) is 25.0 Å². The lowest BCUT2D eigenvalue weighted by Gasteiger charge is -2.32. The molecule has 0 saturated carbocycles. The molecule has 1 aromatic carbocycles. The summed E-state index contributed by atoms with van der Waals surface area (Å²) in [6.45, 7) is 1.58. The Balaban J connectivity index is 2.06. The predicted octanol–water partition coefficient (Wildman–Crippen LogP) is 3.60. The lowest BCUT2D eigenvalue weighted by molar-refractivity contribution is -0.136. The van der Waals surface area contributed by atoms with E-state index in [0.29, 0.717) is 19.7 Å². The number of rotatable bonds is 3. The van der Waals surface area contributed by atoms with Crippen LogP contribution < -0.4 is 5.32 Å². The van der Waals surface area contributed by atoms with Crippen LogP contribution in [0.4, 0.5) is 23.7 Å². The first-order valence-corrected chi connectivity index (χ1v) is 7.13. The van der Waals surface area contributed by atoms with Gasteiger partial charge >= 0.3 is 12.2 Å². The minimum atomic E-state index is -4.50. The summed E-state index contributed by atoms with van der Waals surface area (Å²) in [6, 6.07) is 4.48. The number of hydrogen-bond acceptors (Lipinski definition) is 2. The Labute approximate surface area is 127 Å². The second-order valence-corrected chi connectivity index (χ2v) is 5.38. The molecule has 1 aliphatic heterocycles. The molecular weight excluding hydrogens is 297 g/mol. The molecule has 4 nitrogen and oxygen atoms in total. The number of urea groups is 1. The van der Waals surface area contributed by atoms with Crippen molar-refractivity contribution in [2.75, 3.05) is 32.1 Å². The molecule has 1 atom stereocenters. The number of nitrogens with one attached hydrogen (secondary N) is 1. The third kappa shape index (κ3) is 4.13. The van der Waals surface area contributed by atoms with E-state index in [9.17, 15) is 18.0 Å². The van der Waals surface area contributed by atoms with Crippen molar-refractivity contribution in [3.05, 3.63) is 29.8 Å². The number of amides is 2.